The van der Waals surface area contributed by atoms with Crippen molar-refractivity contribution in [2.24, 2.45) is 0 Å². The minimum atomic E-state index is 0.883. The average molecular weight is 359 g/mol. The molecule has 0 N–H and O–H groups in total. The van der Waals surface area contributed by atoms with Gasteiger partial charge in [-0.1, -0.05) is 36.4 Å². The van der Waals surface area contributed by atoms with Crippen molar-refractivity contribution in [1.29, 1.82) is 0 Å². The number of hydrogen-bond donors (Lipinski definition) is 4. The molecule has 0 fully saturated rings. The van der Waals surface area contributed by atoms with Gasteiger partial charge >= 0.3 is 0 Å². The van der Waals surface area contributed by atoms with Crippen molar-refractivity contribution in [3.05, 3.63) is 60.7 Å². The van der Waals surface area contributed by atoms with Crippen LogP contribution in [0.4, 0.5) is 0 Å². The molecule has 0 saturated carbocycles. The van der Waals surface area contributed by atoms with Crippen molar-refractivity contribution in [2.75, 3.05) is 0 Å². The Morgan fingerprint density at radius 2 is 0.682 bits per heavy atom. The highest BCUT2D eigenvalue weighted by Crippen LogP contribution is 2.30. The van der Waals surface area contributed by atoms with Gasteiger partial charge in [-0.2, -0.15) is 0 Å². The van der Waals surface area contributed by atoms with Crippen LogP contribution in [0.2, 0.25) is 0 Å². The maximum absolute atomic E-state index is 4.42. The number of hydrogen-bond acceptors (Lipinski definition) is 4. The van der Waals surface area contributed by atoms with Gasteiger partial charge in [-0.3, -0.25) is 0 Å². The van der Waals surface area contributed by atoms with Crippen molar-refractivity contribution in [2.45, 2.75) is 19.6 Å². The van der Waals surface area contributed by atoms with E-state index in [0.29, 0.717) is 0 Å². The van der Waals surface area contributed by atoms with E-state index in [-0.39, 0.29) is 0 Å². The zero-order valence-corrected chi connectivity index (χ0v) is 15.1. The molecule has 110 valence electrons. The zero-order valence-electron chi connectivity index (χ0n) is 11.6. The lowest BCUT2D eigenvalue weighted by atomic mass is 10.0. The standard InChI is InChI=1S/C18H14S4/c19-15-7-5-13(9-17(15)21)11-1-2-12(4-3-11)14-6-8-16(20)18(22)10-14/h1-10,19-22H. The number of rotatable bonds is 2. The third kappa shape index (κ3) is 3.35. The van der Waals surface area contributed by atoms with E-state index in [1.54, 1.807) is 0 Å². The van der Waals surface area contributed by atoms with Crippen LogP contribution in [0.5, 0.6) is 0 Å². The molecule has 0 bridgehead atoms. The summed E-state index contributed by atoms with van der Waals surface area (Å²) < 4.78 is 0. The average Bonchev–Trinajstić information content (AvgIpc) is 2.53. The van der Waals surface area contributed by atoms with Crippen LogP contribution >= 0.6 is 50.5 Å². The molecule has 4 heteroatoms. The fraction of sp³-hybridized carbons (Fsp3) is 0. The molecule has 0 atom stereocenters. The van der Waals surface area contributed by atoms with Gasteiger partial charge < -0.3 is 0 Å². The minimum absolute atomic E-state index is 0.883. The van der Waals surface area contributed by atoms with Crippen molar-refractivity contribution in [1.82, 2.24) is 0 Å². The summed E-state index contributed by atoms with van der Waals surface area (Å²) in [6.45, 7) is 0. The first-order valence-electron chi connectivity index (χ1n) is 6.69. The van der Waals surface area contributed by atoms with E-state index in [4.69, 9.17) is 0 Å². The van der Waals surface area contributed by atoms with Crippen LogP contribution in [-0.2, 0) is 0 Å². The summed E-state index contributed by atoms with van der Waals surface area (Å²) in [5.41, 5.74) is 4.58. The second-order valence-electron chi connectivity index (χ2n) is 4.98. The molecule has 0 unspecified atom stereocenters. The monoisotopic (exact) mass is 358 g/mol. The van der Waals surface area contributed by atoms with Crippen LogP contribution in [-0.4, -0.2) is 0 Å². The summed E-state index contributed by atoms with van der Waals surface area (Å²) in [4.78, 5) is 3.54. The molecule has 0 aliphatic carbocycles. The topological polar surface area (TPSA) is 0 Å². The second kappa shape index (κ2) is 6.67. The third-order valence-electron chi connectivity index (χ3n) is 3.50. The zero-order chi connectivity index (χ0) is 15.7. The van der Waals surface area contributed by atoms with Crippen molar-refractivity contribution < 1.29 is 0 Å². The first kappa shape index (κ1) is 15.9. The van der Waals surface area contributed by atoms with Crippen LogP contribution in [0.25, 0.3) is 22.3 Å². The lowest BCUT2D eigenvalue weighted by Gasteiger charge is -2.08. The molecule has 3 rings (SSSR count). The molecule has 22 heavy (non-hydrogen) atoms. The van der Waals surface area contributed by atoms with E-state index >= 15 is 0 Å². The molecule has 3 aromatic carbocycles. The molecule has 0 saturated heterocycles. The van der Waals surface area contributed by atoms with Gasteiger partial charge in [0.1, 0.15) is 0 Å². The van der Waals surface area contributed by atoms with E-state index in [0.717, 1.165) is 41.8 Å². The summed E-state index contributed by atoms with van der Waals surface area (Å²) in [6, 6.07) is 20.6. The Kier molecular flexibility index (Phi) is 4.83. The van der Waals surface area contributed by atoms with Gasteiger partial charge in [0.15, 0.2) is 0 Å². The Bertz CT molecular complexity index is 752. The Balaban J connectivity index is 1.95. The summed E-state index contributed by atoms with van der Waals surface area (Å²) >= 11 is 17.5. The predicted octanol–water partition coefficient (Wildman–Crippen LogP) is 6.18. The first-order chi connectivity index (χ1) is 10.5. The van der Waals surface area contributed by atoms with Crippen LogP contribution in [0, 0.1) is 0 Å². The van der Waals surface area contributed by atoms with Crippen LogP contribution in [0.1, 0.15) is 0 Å². The van der Waals surface area contributed by atoms with Crippen LogP contribution in [0.15, 0.2) is 80.2 Å². The van der Waals surface area contributed by atoms with Gasteiger partial charge in [-0.25, -0.2) is 0 Å². The summed E-state index contributed by atoms with van der Waals surface area (Å²) in [7, 11) is 0. The SMILES string of the molecule is Sc1ccc(-c2ccc(-c3ccc(S)c(S)c3)cc2)cc1S. The van der Waals surface area contributed by atoms with E-state index in [9.17, 15) is 0 Å². The molecular formula is C18H14S4. The molecule has 0 nitrogen and oxygen atoms in total. The number of thiol groups is 4. The Morgan fingerprint density at radius 3 is 1.00 bits per heavy atom. The fourth-order valence-electron chi connectivity index (χ4n) is 2.26. The van der Waals surface area contributed by atoms with Crippen LogP contribution in [0.3, 0.4) is 0 Å². The minimum Gasteiger partial charge on any atom is -0.142 e. The largest absolute Gasteiger partial charge is 0.142 e. The molecule has 3 aromatic rings. The Hall–Kier alpha value is -0.940. The molecule has 0 aliphatic rings. The molecule has 0 aliphatic heterocycles. The Morgan fingerprint density at radius 1 is 0.364 bits per heavy atom. The van der Waals surface area contributed by atoms with Gasteiger partial charge in [0.2, 0.25) is 0 Å². The van der Waals surface area contributed by atoms with E-state index < -0.39 is 0 Å². The van der Waals surface area contributed by atoms with Crippen molar-refractivity contribution in [3.8, 4) is 22.3 Å². The molecule has 0 spiro atoms. The maximum atomic E-state index is 4.42. The molecule has 0 amide bonds. The van der Waals surface area contributed by atoms with Gasteiger partial charge in [0.25, 0.3) is 0 Å². The second-order valence-corrected chi connectivity index (χ2v) is 6.91. The highest BCUT2D eigenvalue weighted by atomic mass is 32.1. The smallest absolute Gasteiger partial charge is 0.0180 e. The number of benzene rings is 3. The lowest BCUT2D eigenvalue weighted by molar-refractivity contribution is 1.27. The van der Waals surface area contributed by atoms with E-state index in [2.05, 4.69) is 86.9 Å². The third-order valence-corrected chi connectivity index (χ3v) is 5.38. The molecule has 0 aromatic heterocycles. The molecular weight excluding hydrogens is 344 g/mol. The molecule has 0 heterocycles. The van der Waals surface area contributed by atoms with Gasteiger partial charge in [-0.15, -0.1) is 50.5 Å². The summed E-state index contributed by atoms with van der Waals surface area (Å²) in [5, 5.41) is 0. The highest BCUT2D eigenvalue weighted by molar-refractivity contribution is 7.83. The van der Waals surface area contributed by atoms with Crippen LogP contribution < -0.4 is 0 Å². The summed E-state index contributed by atoms with van der Waals surface area (Å²) in [5.74, 6) is 0. The van der Waals surface area contributed by atoms with E-state index in [1.165, 1.54) is 0 Å². The summed E-state index contributed by atoms with van der Waals surface area (Å²) in [6.07, 6.45) is 0. The normalized spacial score (nSPS) is 10.7. The predicted molar refractivity (Wildman–Crippen MR) is 106 cm³/mol. The lowest BCUT2D eigenvalue weighted by Crippen LogP contribution is -1.82. The van der Waals surface area contributed by atoms with Crippen molar-refractivity contribution in [3.63, 3.8) is 0 Å². The molecule has 0 radical (unpaired) electrons. The Labute approximate surface area is 152 Å². The van der Waals surface area contributed by atoms with E-state index in [1.807, 2.05) is 24.3 Å². The van der Waals surface area contributed by atoms with Gasteiger partial charge in [0.05, 0.1) is 0 Å². The quantitative estimate of drug-likeness (QED) is 0.387. The maximum Gasteiger partial charge on any atom is 0.0180 e. The highest BCUT2D eigenvalue weighted by Gasteiger charge is 2.04. The van der Waals surface area contributed by atoms with Gasteiger partial charge in [0, 0.05) is 19.6 Å². The fourth-order valence-corrected chi connectivity index (χ4v) is 2.97. The van der Waals surface area contributed by atoms with Crippen molar-refractivity contribution >= 4 is 50.5 Å². The van der Waals surface area contributed by atoms with Gasteiger partial charge in [-0.05, 0) is 46.5 Å². The first-order valence-corrected chi connectivity index (χ1v) is 8.48.